The lowest BCUT2D eigenvalue weighted by Gasteiger charge is -2.14. The number of benzene rings is 1. The van der Waals surface area contributed by atoms with Gasteiger partial charge in [-0.3, -0.25) is 4.79 Å². The topological polar surface area (TPSA) is 66.4 Å². The Bertz CT molecular complexity index is 429. The number of amides is 1. The van der Waals surface area contributed by atoms with E-state index in [0.29, 0.717) is 12.0 Å². The van der Waals surface area contributed by atoms with Gasteiger partial charge in [0.15, 0.2) is 0 Å². The molecule has 0 spiro atoms. The van der Waals surface area contributed by atoms with Crippen LogP contribution in [0.25, 0.3) is 0 Å². The summed E-state index contributed by atoms with van der Waals surface area (Å²) in [5, 5.41) is 11.6. The molecule has 0 heterocycles. The Hall–Kier alpha value is -1.84. The number of carboxylic acid groups (broad SMARTS) is 1. The molecule has 1 rings (SSSR count). The van der Waals surface area contributed by atoms with E-state index < -0.39 is 12.0 Å². The standard InChI is InChI=1S/C14H19NO3/c1-3-4-9-12(14(17)18)15-13(16)11-8-6-5-7-10(11)2/h5-8,12H,3-4,9H2,1-2H3,(H,15,16)(H,17,18)/t12-/m0/s1. The SMILES string of the molecule is CCCC[C@H](NC(=O)c1ccccc1C)C(=O)O. The first-order chi connectivity index (χ1) is 8.56. The molecule has 1 aromatic rings. The van der Waals surface area contributed by atoms with Gasteiger partial charge in [0.1, 0.15) is 6.04 Å². The summed E-state index contributed by atoms with van der Waals surface area (Å²) in [5.74, 6) is -1.30. The molecule has 0 aliphatic heterocycles. The Morgan fingerprint density at radius 3 is 2.56 bits per heavy atom. The van der Waals surface area contributed by atoms with Crippen LogP contribution in [0.4, 0.5) is 0 Å². The van der Waals surface area contributed by atoms with Crippen LogP contribution < -0.4 is 5.32 Å². The Balaban J connectivity index is 2.72. The van der Waals surface area contributed by atoms with Crippen LogP contribution in [0.2, 0.25) is 0 Å². The highest BCUT2D eigenvalue weighted by Gasteiger charge is 2.20. The fraction of sp³-hybridized carbons (Fsp3) is 0.429. The number of rotatable bonds is 6. The van der Waals surface area contributed by atoms with Gasteiger partial charge >= 0.3 is 5.97 Å². The third-order valence-electron chi connectivity index (χ3n) is 2.84. The summed E-state index contributed by atoms with van der Waals surface area (Å²) in [5.41, 5.74) is 1.37. The Morgan fingerprint density at radius 1 is 1.33 bits per heavy atom. The van der Waals surface area contributed by atoms with Gasteiger partial charge in [0.2, 0.25) is 0 Å². The molecular formula is C14H19NO3. The smallest absolute Gasteiger partial charge is 0.326 e. The summed E-state index contributed by atoms with van der Waals surface area (Å²) >= 11 is 0. The zero-order valence-corrected chi connectivity index (χ0v) is 10.8. The molecule has 4 nitrogen and oxygen atoms in total. The summed E-state index contributed by atoms with van der Waals surface area (Å²) in [7, 11) is 0. The minimum atomic E-state index is -0.981. The second kappa shape index (κ2) is 6.79. The number of nitrogens with one attached hydrogen (secondary N) is 1. The molecule has 0 bridgehead atoms. The number of carbonyl (C=O) groups is 2. The van der Waals surface area contributed by atoms with Crippen LogP contribution in [0.1, 0.15) is 42.1 Å². The maximum atomic E-state index is 12.0. The van der Waals surface area contributed by atoms with Gasteiger partial charge in [0.05, 0.1) is 0 Å². The number of carbonyl (C=O) groups excluding carboxylic acids is 1. The van der Waals surface area contributed by atoms with Crippen LogP contribution in [0.3, 0.4) is 0 Å². The van der Waals surface area contributed by atoms with Crippen molar-refractivity contribution in [2.24, 2.45) is 0 Å². The summed E-state index contributed by atoms with van der Waals surface area (Å²) in [6.07, 6.45) is 2.15. The van der Waals surface area contributed by atoms with Crippen molar-refractivity contribution in [1.82, 2.24) is 5.32 Å². The first kappa shape index (κ1) is 14.2. The monoisotopic (exact) mass is 249 g/mol. The van der Waals surface area contributed by atoms with Gasteiger partial charge < -0.3 is 10.4 Å². The van der Waals surface area contributed by atoms with Crippen molar-refractivity contribution < 1.29 is 14.7 Å². The fourth-order valence-electron chi connectivity index (χ4n) is 1.73. The molecule has 0 radical (unpaired) electrons. The molecule has 98 valence electrons. The average Bonchev–Trinajstić information content (AvgIpc) is 2.34. The third kappa shape index (κ3) is 3.87. The van der Waals surface area contributed by atoms with Crippen LogP contribution in [-0.2, 0) is 4.79 Å². The van der Waals surface area contributed by atoms with Crippen molar-refractivity contribution in [2.45, 2.75) is 39.2 Å². The lowest BCUT2D eigenvalue weighted by Crippen LogP contribution is -2.40. The van der Waals surface area contributed by atoms with Crippen molar-refractivity contribution >= 4 is 11.9 Å². The second-order valence-corrected chi connectivity index (χ2v) is 4.32. The minimum Gasteiger partial charge on any atom is -0.480 e. The minimum absolute atomic E-state index is 0.323. The van der Waals surface area contributed by atoms with Crippen LogP contribution >= 0.6 is 0 Å². The van der Waals surface area contributed by atoms with Crippen LogP contribution in [0, 0.1) is 6.92 Å². The number of aryl methyl sites for hydroxylation is 1. The normalized spacial score (nSPS) is 11.9. The highest BCUT2D eigenvalue weighted by atomic mass is 16.4. The first-order valence-electron chi connectivity index (χ1n) is 6.15. The highest BCUT2D eigenvalue weighted by Crippen LogP contribution is 2.08. The van der Waals surface area contributed by atoms with Gasteiger partial charge in [-0.1, -0.05) is 38.0 Å². The lowest BCUT2D eigenvalue weighted by atomic mass is 10.1. The van der Waals surface area contributed by atoms with E-state index in [2.05, 4.69) is 5.32 Å². The van der Waals surface area contributed by atoms with Crippen molar-refractivity contribution in [1.29, 1.82) is 0 Å². The molecule has 0 unspecified atom stereocenters. The van der Waals surface area contributed by atoms with Gasteiger partial charge in [-0.25, -0.2) is 4.79 Å². The Labute approximate surface area is 107 Å². The van der Waals surface area contributed by atoms with E-state index in [1.807, 2.05) is 26.0 Å². The fourth-order valence-corrected chi connectivity index (χ4v) is 1.73. The van der Waals surface area contributed by atoms with Gasteiger partial charge in [-0.2, -0.15) is 0 Å². The van der Waals surface area contributed by atoms with Gasteiger partial charge in [0.25, 0.3) is 5.91 Å². The molecule has 0 aliphatic carbocycles. The maximum absolute atomic E-state index is 12.0. The second-order valence-electron chi connectivity index (χ2n) is 4.32. The maximum Gasteiger partial charge on any atom is 0.326 e. The molecular weight excluding hydrogens is 230 g/mol. The molecule has 0 aliphatic rings. The van der Waals surface area contributed by atoms with Crippen LogP contribution in [-0.4, -0.2) is 23.0 Å². The highest BCUT2D eigenvalue weighted by molar-refractivity contribution is 5.97. The molecule has 18 heavy (non-hydrogen) atoms. The molecule has 0 aromatic heterocycles. The predicted molar refractivity (Wildman–Crippen MR) is 69.6 cm³/mol. The Kier molecular flexibility index (Phi) is 5.36. The Morgan fingerprint density at radius 2 is 2.00 bits per heavy atom. The zero-order chi connectivity index (χ0) is 13.5. The number of hydrogen-bond donors (Lipinski definition) is 2. The molecule has 1 atom stereocenters. The van der Waals surface area contributed by atoms with E-state index >= 15 is 0 Å². The summed E-state index contributed by atoms with van der Waals surface area (Å²) in [6.45, 7) is 3.82. The van der Waals surface area contributed by atoms with Crippen molar-refractivity contribution in [3.8, 4) is 0 Å². The van der Waals surface area contributed by atoms with Gasteiger partial charge in [0, 0.05) is 5.56 Å². The summed E-state index contributed by atoms with van der Waals surface area (Å²) < 4.78 is 0. The van der Waals surface area contributed by atoms with Crippen molar-refractivity contribution in [3.63, 3.8) is 0 Å². The summed E-state index contributed by atoms with van der Waals surface area (Å²) in [4.78, 5) is 23.0. The molecule has 1 aromatic carbocycles. The quantitative estimate of drug-likeness (QED) is 0.813. The van der Waals surface area contributed by atoms with Gasteiger partial charge in [-0.15, -0.1) is 0 Å². The molecule has 2 N–H and O–H groups in total. The summed E-state index contributed by atoms with van der Waals surface area (Å²) in [6, 6.07) is 6.33. The van der Waals surface area contributed by atoms with Crippen molar-refractivity contribution in [3.05, 3.63) is 35.4 Å². The van der Waals surface area contributed by atoms with Gasteiger partial charge in [-0.05, 0) is 25.0 Å². The largest absolute Gasteiger partial charge is 0.480 e. The van der Waals surface area contributed by atoms with Crippen LogP contribution in [0.15, 0.2) is 24.3 Å². The molecule has 4 heteroatoms. The zero-order valence-electron chi connectivity index (χ0n) is 10.8. The molecule has 0 saturated carbocycles. The van der Waals surface area contributed by atoms with E-state index in [0.717, 1.165) is 18.4 Å². The van der Waals surface area contributed by atoms with E-state index in [9.17, 15) is 9.59 Å². The first-order valence-corrected chi connectivity index (χ1v) is 6.15. The molecule has 0 saturated heterocycles. The molecule has 1 amide bonds. The van der Waals surface area contributed by atoms with E-state index in [-0.39, 0.29) is 5.91 Å². The number of hydrogen-bond acceptors (Lipinski definition) is 2. The van der Waals surface area contributed by atoms with E-state index in [1.165, 1.54) is 0 Å². The van der Waals surface area contributed by atoms with E-state index in [4.69, 9.17) is 5.11 Å². The lowest BCUT2D eigenvalue weighted by molar-refractivity contribution is -0.139. The van der Waals surface area contributed by atoms with E-state index in [1.54, 1.807) is 12.1 Å². The number of unbranched alkanes of at least 4 members (excludes halogenated alkanes) is 1. The van der Waals surface area contributed by atoms with Crippen LogP contribution in [0.5, 0.6) is 0 Å². The predicted octanol–water partition coefficient (Wildman–Crippen LogP) is 2.37. The third-order valence-corrected chi connectivity index (χ3v) is 2.84. The van der Waals surface area contributed by atoms with Crippen molar-refractivity contribution in [2.75, 3.05) is 0 Å². The molecule has 0 fully saturated rings. The average molecular weight is 249 g/mol. The number of aliphatic carboxylic acids is 1. The number of carboxylic acids is 1.